The second-order valence-corrected chi connectivity index (χ2v) is 8.90. The van der Waals surface area contributed by atoms with Gasteiger partial charge in [-0.3, -0.25) is 9.59 Å². The number of rotatable bonds is 5. The number of halogens is 1. The fourth-order valence-electron chi connectivity index (χ4n) is 3.01. The first kappa shape index (κ1) is 19.5. The molecule has 2 heterocycles. The van der Waals surface area contributed by atoms with E-state index < -0.39 is 39.3 Å². The number of amides is 1. The summed E-state index contributed by atoms with van der Waals surface area (Å²) < 4.78 is 44.1. The first-order valence-corrected chi connectivity index (χ1v) is 9.89. The van der Waals surface area contributed by atoms with Crippen LogP contribution in [0.15, 0.2) is 29.1 Å². The summed E-state index contributed by atoms with van der Waals surface area (Å²) in [5.74, 6) is -1.65. The van der Waals surface area contributed by atoms with E-state index in [0.29, 0.717) is 5.39 Å². The van der Waals surface area contributed by atoms with Gasteiger partial charge in [-0.15, -0.1) is 0 Å². The van der Waals surface area contributed by atoms with Crippen LogP contribution in [0, 0.1) is 11.7 Å². The van der Waals surface area contributed by atoms with Gasteiger partial charge in [0.1, 0.15) is 5.82 Å². The molecule has 10 heteroatoms. The molecule has 2 aromatic rings. The van der Waals surface area contributed by atoms with Crippen LogP contribution in [0.3, 0.4) is 0 Å². The lowest BCUT2D eigenvalue weighted by Gasteiger charge is -2.21. The van der Waals surface area contributed by atoms with E-state index in [-0.39, 0.29) is 30.0 Å². The number of pyridine rings is 1. The number of nitrogens with one attached hydrogen (secondary N) is 2. The van der Waals surface area contributed by atoms with Gasteiger partial charge in [-0.25, -0.2) is 17.1 Å². The van der Waals surface area contributed by atoms with Gasteiger partial charge in [0.05, 0.1) is 36.1 Å². The van der Waals surface area contributed by atoms with E-state index in [2.05, 4.69) is 10.3 Å². The predicted octanol–water partition coefficient (Wildman–Crippen LogP) is 0.303. The average Bonchev–Trinajstić information content (AvgIpc) is 2.99. The molecular formula is C17H20FN3O5S. The second-order valence-electron chi connectivity index (χ2n) is 6.68. The van der Waals surface area contributed by atoms with E-state index in [0.717, 1.165) is 16.4 Å². The highest BCUT2D eigenvalue weighted by atomic mass is 32.2. The summed E-state index contributed by atoms with van der Waals surface area (Å²) in [6.45, 7) is 0.383. The van der Waals surface area contributed by atoms with Crippen molar-refractivity contribution < 1.29 is 22.3 Å². The highest BCUT2D eigenvalue weighted by Crippen LogP contribution is 2.20. The molecule has 1 aliphatic heterocycles. The van der Waals surface area contributed by atoms with Gasteiger partial charge in [0.25, 0.3) is 5.91 Å². The van der Waals surface area contributed by atoms with Crippen molar-refractivity contribution in [1.82, 2.24) is 14.6 Å². The Balaban J connectivity index is 1.85. The van der Waals surface area contributed by atoms with Gasteiger partial charge >= 0.3 is 0 Å². The maximum atomic E-state index is 13.4. The zero-order valence-electron chi connectivity index (χ0n) is 14.9. The second kappa shape index (κ2) is 7.37. The van der Waals surface area contributed by atoms with Crippen molar-refractivity contribution in [2.24, 2.45) is 5.92 Å². The summed E-state index contributed by atoms with van der Waals surface area (Å²) in [6.07, 6.45) is 0. The van der Waals surface area contributed by atoms with Crippen molar-refractivity contribution in [3.05, 3.63) is 46.0 Å². The molecule has 0 spiro atoms. The lowest BCUT2D eigenvalue weighted by Crippen LogP contribution is -2.43. The Labute approximate surface area is 155 Å². The third kappa shape index (κ3) is 4.18. The molecule has 1 fully saturated rings. The molecule has 146 valence electrons. The van der Waals surface area contributed by atoms with Crippen LogP contribution in [0.1, 0.15) is 10.4 Å². The molecule has 3 rings (SSSR count). The Morgan fingerprint density at radius 3 is 2.78 bits per heavy atom. The van der Waals surface area contributed by atoms with Crippen molar-refractivity contribution >= 4 is 26.8 Å². The van der Waals surface area contributed by atoms with Gasteiger partial charge in [-0.2, -0.15) is 0 Å². The van der Waals surface area contributed by atoms with Crippen molar-refractivity contribution in [2.75, 3.05) is 33.1 Å². The summed E-state index contributed by atoms with van der Waals surface area (Å²) in [5.41, 5.74) is -0.232. The normalized spacial score (nSPS) is 20.3. The van der Waals surface area contributed by atoms with Crippen LogP contribution in [0.25, 0.3) is 10.9 Å². The Bertz CT molecular complexity index is 1030. The third-order valence-corrected chi connectivity index (χ3v) is 6.51. The molecule has 0 unspecified atom stereocenters. The van der Waals surface area contributed by atoms with Crippen LogP contribution in [0.2, 0.25) is 0 Å². The van der Waals surface area contributed by atoms with Gasteiger partial charge in [0.15, 0.2) is 0 Å². The number of carbonyl (C=O) groups is 1. The number of hydrogen-bond donors (Lipinski definition) is 2. The average molecular weight is 397 g/mol. The number of H-pyrrole nitrogens is 1. The van der Waals surface area contributed by atoms with E-state index in [1.54, 1.807) is 0 Å². The summed E-state index contributed by atoms with van der Waals surface area (Å²) in [4.78, 5) is 27.0. The number of sulfonamides is 1. The summed E-state index contributed by atoms with van der Waals surface area (Å²) >= 11 is 0. The molecule has 0 radical (unpaired) electrons. The highest BCUT2D eigenvalue weighted by molar-refractivity contribution is 7.89. The largest absolute Gasteiger partial charge is 0.379 e. The van der Waals surface area contributed by atoms with Crippen LogP contribution in [0.5, 0.6) is 0 Å². The van der Waals surface area contributed by atoms with Gasteiger partial charge < -0.3 is 15.0 Å². The molecule has 2 atom stereocenters. The fourth-order valence-corrected chi connectivity index (χ4v) is 4.18. The van der Waals surface area contributed by atoms with Crippen molar-refractivity contribution in [3.8, 4) is 0 Å². The maximum absolute atomic E-state index is 13.4. The van der Waals surface area contributed by atoms with Crippen molar-refractivity contribution in [1.29, 1.82) is 0 Å². The van der Waals surface area contributed by atoms with E-state index in [4.69, 9.17) is 4.74 Å². The monoisotopic (exact) mass is 397 g/mol. The fraction of sp³-hybridized carbons (Fsp3) is 0.412. The molecule has 27 heavy (non-hydrogen) atoms. The molecule has 0 saturated carbocycles. The number of benzene rings is 1. The Hall–Kier alpha value is -2.30. The zero-order valence-corrected chi connectivity index (χ0v) is 15.7. The van der Waals surface area contributed by atoms with E-state index >= 15 is 0 Å². The van der Waals surface area contributed by atoms with E-state index in [1.165, 1.54) is 26.2 Å². The van der Waals surface area contributed by atoms with Crippen LogP contribution >= 0.6 is 0 Å². The number of nitrogens with zero attached hydrogens (tertiary/aromatic N) is 1. The van der Waals surface area contributed by atoms with Gasteiger partial charge in [-0.1, -0.05) is 0 Å². The summed E-state index contributed by atoms with van der Waals surface area (Å²) in [6, 6.07) is 4.37. The standard InChI is InChI=1S/C17H20FN3O5S/c1-21(2)27(24,25)9-10-7-26-8-15(10)20-17(23)13-6-16(22)19-14-5-11(18)3-4-12(13)14/h3-6,10,15H,7-9H2,1-2H3,(H,19,22)(H,20,23)/t10-,15+/m0/s1. The summed E-state index contributed by atoms with van der Waals surface area (Å²) in [5, 5.41) is 3.14. The quantitative estimate of drug-likeness (QED) is 0.755. The minimum absolute atomic E-state index is 0.0925. The van der Waals surface area contributed by atoms with Crippen LogP contribution in [0.4, 0.5) is 4.39 Å². The number of carbonyl (C=O) groups excluding carboxylic acids is 1. The van der Waals surface area contributed by atoms with Crippen molar-refractivity contribution in [2.45, 2.75) is 6.04 Å². The number of hydrogen-bond acceptors (Lipinski definition) is 5. The lowest BCUT2D eigenvalue weighted by molar-refractivity contribution is 0.0927. The molecule has 0 aliphatic carbocycles. The molecule has 1 aromatic heterocycles. The number of aromatic amines is 1. The number of aromatic nitrogens is 1. The molecule has 1 saturated heterocycles. The number of fused-ring (bicyclic) bond motifs is 1. The first-order valence-electron chi connectivity index (χ1n) is 8.29. The van der Waals surface area contributed by atoms with Gasteiger partial charge in [0, 0.05) is 31.5 Å². The topological polar surface area (TPSA) is 109 Å². The van der Waals surface area contributed by atoms with Crippen molar-refractivity contribution in [3.63, 3.8) is 0 Å². The predicted molar refractivity (Wildman–Crippen MR) is 97.6 cm³/mol. The van der Waals surface area contributed by atoms with Crippen LogP contribution < -0.4 is 10.9 Å². The zero-order chi connectivity index (χ0) is 19.8. The first-order chi connectivity index (χ1) is 12.7. The SMILES string of the molecule is CN(C)S(=O)(=O)C[C@@H]1COC[C@H]1NC(=O)c1cc(=O)[nH]c2cc(F)ccc12. The Morgan fingerprint density at radius 2 is 2.07 bits per heavy atom. The minimum Gasteiger partial charge on any atom is -0.379 e. The molecule has 1 aromatic carbocycles. The third-order valence-electron chi connectivity index (χ3n) is 4.55. The Morgan fingerprint density at radius 1 is 1.33 bits per heavy atom. The molecular weight excluding hydrogens is 377 g/mol. The Kier molecular flexibility index (Phi) is 5.31. The summed E-state index contributed by atoms with van der Waals surface area (Å²) in [7, 11) is -0.566. The maximum Gasteiger partial charge on any atom is 0.252 e. The highest BCUT2D eigenvalue weighted by Gasteiger charge is 2.34. The molecule has 1 amide bonds. The van der Waals surface area contributed by atoms with E-state index in [9.17, 15) is 22.4 Å². The van der Waals surface area contributed by atoms with Crippen LogP contribution in [-0.2, 0) is 14.8 Å². The van der Waals surface area contributed by atoms with E-state index in [1.807, 2.05) is 0 Å². The molecule has 8 nitrogen and oxygen atoms in total. The molecule has 0 bridgehead atoms. The molecule has 1 aliphatic rings. The van der Waals surface area contributed by atoms with Crippen LogP contribution in [-0.4, -0.2) is 62.7 Å². The number of ether oxygens (including phenoxy) is 1. The minimum atomic E-state index is -3.46. The van der Waals surface area contributed by atoms with Gasteiger partial charge in [-0.05, 0) is 18.2 Å². The van der Waals surface area contributed by atoms with Gasteiger partial charge in [0.2, 0.25) is 15.6 Å². The smallest absolute Gasteiger partial charge is 0.252 e. The molecule has 2 N–H and O–H groups in total. The lowest BCUT2D eigenvalue weighted by atomic mass is 10.0.